The van der Waals surface area contributed by atoms with Gasteiger partial charge < -0.3 is 19.9 Å². The summed E-state index contributed by atoms with van der Waals surface area (Å²) < 4.78 is 170. The lowest BCUT2D eigenvalue weighted by molar-refractivity contribution is -0.144. The Labute approximate surface area is 489 Å². The number of aliphatic carboxylic acids is 1. The number of fused-ring (bicyclic) bond motifs is 2. The summed E-state index contributed by atoms with van der Waals surface area (Å²) in [5.41, 5.74) is -1.34. The van der Waals surface area contributed by atoms with Crippen molar-refractivity contribution in [2.75, 3.05) is 20.3 Å². The van der Waals surface area contributed by atoms with Crippen molar-refractivity contribution in [2.24, 2.45) is 0 Å². The van der Waals surface area contributed by atoms with Gasteiger partial charge in [0.25, 0.3) is 0 Å². The average molecular weight is 1220 g/mol. The lowest BCUT2D eigenvalue weighted by Gasteiger charge is -2.19. The average Bonchev–Trinajstić information content (AvgIpc) is 1.07. The summed E-state index contributed by atoms with van der Waals surface area (Å²) in [6.45, 7) is -0.406. The number of nitrogens with one attached hydrogen (secondary N) is 1. The number of carboxylic acids is 1. The van der Waals surface area contributed by atoms with E-state index in [9.17, 15) is 81.5 Å². The first kappa shape index (κ1) is 65.2. The van der Waals surface area contributed by atoms with Crippen LogP contribution >= 0.6 is 0 Å². The Morgan fingerprint density at radius 1 is 0.471 bits per heavy atom. The second kappa shape index (κ2) is 27.8. The van der Waals surface area contributed by atoms with E-state index in [1.54, 1.807) is 42.5 Å². The van der Waals surface area contributed by atoms with Gasteiger partial charge in [0, 0.05) is 54.3 Å². The number of allylic oxidation sites excluding steroid dienone is 2. The number of Topliss-reactive ketones (excluding diaryl/α,β-unsaturated/α-hetero) is 4. The van der Waals surface area contributed by atoms with Crippen molar-refractivity contribution >= 4 is 59.3 Å². The van der Waals surface area contributed by atoms with Crippen LogP contribution in [-0.4, -0.2) is 60.4 Å². The Hall–Kier alpha value is -9.34. The minimum atomic E-state index is -5.00. The van der Waals surface area contributed by atoms with Gasteiger partial charge >= 0.3 is 30.7 Å². The van der Waals surface area contributed by atoms with Crippen molar-refractivity contribution in [3.8, 4) is 11.5 Å². The van der Waals surface area contributed by atoms with Crippen molar-refractivity contribution in [1.29, 1.82) is 0 Å². The number of aryl methyl sites for hydroxylation is 4. The molecule has 8 rings (SSSR count). The summed E-state index contributed by atoms with van der Waals surface area (Å²) in [4.78, 5) is 72.8. The van der Waals surface area contributed by atoms with E-state index in [0.29, 0.717) is 78.1 Å². The van der Waals surface area contributed by atoms with Crippen molar-refractivity contribution in [3.63, 3.8) is 0 Å². The number of rotatable bonds is 18. The molecule has 0 radical (unpaired) electrons. The van der Waals surface area contributed by atoms with Gasteiger partial charge in [-0.05, 0) is 180 Å². The van der Waals surface area contributed by atoms with E-state index in [2.05, 4.69) is 5.32 Å². The Morgan fingerprint density at radius 3 is 1.16 bits per heavy atom. The molecule has 1 amide bonds. The van der Waals surface area contributed by atoms with Gasteiger partial charge in [-0.1, -0.05) is 48.5 Å². The number of likely N-dealkylation sites (N-methyl/N-ethyl adjacent to an activating group) is 1. The highest BCUT2D eigenvalue weighted by molar-refractivity contribution is 6.14. The predicted octanol–water partition coefficient (Wildman–Crippen LogP) is 14.9. The smallest absolute Gasteiger partial charge is 0.416 e. The number of hydrogen-bond acceptors (Lipinski definition) is 8. The molecule has 6 aromatic carbocycles. The zero-order valence-corrected chi connectivity index (χ0v) is 45.8. The maximum Gasteiger partial charge on any atom is 0.416 e. The molecule has 0 atom stereocenters. The Kier molecular flexibility index (Phi) is 20.8. The van der Waals surface area contributed by atoms with Crippen LogP contribution in [0, 0.1) is 0 Å². The normalized spacial score (nSPS) is 14.6. The minimum Gasteiger partial charge on any atom is -0.486 e. The molecule has 0 spiro atoms. The molecule has 0 unspecified atom stereocenters. The SMILES string of the molecule is CNC(=O)/C=C/c1ccc(CCC(=O)COc2ccc3c(c2)CC/C(=C\c2cc(C(F)(F)F)cc(C(F)(F)F)c2)C3=O)cc1.O=C(O)/C=C/c1ccc(CCC(=O)COc2ccc3c(c2)CC/C(=C\c2cc(C(F)(F)F)cc(C(F)(F)F)c2)C3=O)cc1. The number of ether oxygens (including phenoxy) is 2. The predicted molar refractivity (Wildman–Crippen MR) is 297 cm³/mol. The number of benzene rings is 6. The summed E-state index contributed by atoms with van der Waals surface area (Å²) in [5.74, 6) is -1.91. The topological polar surface area (TPSA) is 153 Å². The van der Waals surface area contributed by atoms with E-state index >= 15 is 0 Å². The van der Waals surface area contributed by atoms with Crippen LogP contribution in [-0.2, 0) is 69.6 Å². The molecule has 0 aromatic heterocycles. The largest absolute Gasteiger partial charge is 0.486 e. The second-order valence-electron chi connectivity index (χ2n) is 20.1. The van der Waals surface area contributed by atoms with E-state index in [1.165, 1.54) is 43.5 Å². The Morgan fingerprint density at radius 2 is 0.828 bits per heavy atom. The van der Waals surface area contributed by atoms with Gasteiger partial charge in [-0.2, -0.15) is 52.7 Å². The van der Waals surface area contributed by atoms with Gasteiger partial charge in [0.05, 0.1) is 22.3 Å². The zero-order chi connectivity index (χ0) is 63.4. The number of carbonyl (C=O) groups excluding carboxylic acids is 5. The maximum atomic E-state index is 13.2. The van der Waals surface area contributed by atoms with Gasteiger partial charge in [-0.15, -0.1) is 0 Å². The molecule has 2 aliphatic carbocycles. The van der Waals surface area contributed by atoms with Crippen molar-refractivity contribution in [2.45, 2.75) is 76.1 Å². The molecular formula is C65H51F12NO9. The van der Waals surface area contributed by atoms with Crippen LogP contribution in [0.2, 0.25) is 0 Å². The molecule has 454 valence electrons. The number of amides is 1. The summed E-state index contributed by atoms with van der Waals surface area (Å²) >= 11 is 0. The van der Waals surface area contributed by atoms with Gasteiger partial charge in [0.15, 0.2) is 23.1 Å². The fourth-order valence-electron chi connectivity index (χ4n) is 9.14. The summed E-state index contributed by atoms with van der Waals surface area (Å²) in [5, 5.41) is 11.2. The molecule has 0 saturated carbocycles. The van der Waals surface area contributed by atoms with E-state index < -0.39 is 64.5 Å². The monoisotopic (exact) mass is 1220 g/mol. The van der Waals surface area contributed by atoms with Gasteiger partial charge in [-0.3, -0.25) is 24.0 Å². The molecule has 2 aliphatic rings. The highest BCUT2D eigenvalue weighted by Crippen LogP contribution is 2.40. The van der Waals surface area contributed by atoms with Crippen LogP contribution < -0.4 is 14.8 Å². The third-order valence-corrected chi connectivity index (χ3v) is 13.7. The van der Waals surface area contributed by atoms with Crippen LogP contribution in [0.15, 0.2) is 145 Å². The van der Waals surface area contributed by atoms with E-state index in [-0.39, 0.29) is 102 Å². The van der Waals surface area contributed by atoms with E-state index in [0.717, 1.165) is 34.9 Å². The Balaban J connectivity index is 0.000000249. The summed E-state index contributed by atoms with van der Waals surface area (Å²) in [6.07, 6.45) is -10.1. The number of carbonyl (C=O) groups is 6. The van der Waals surface area contributed by atoms with Gasteiger partial charge in [0.1, 0.15) is 24.7 Å². The number of halogens is 12. The van der Waals surface area contributed by atoms with Crippen molar-refractivity contribution in [1.82, 2.24) is 5.32 Å². The quantitative estimate of drug-likeness (QED) is 0.0632. The maximum absolute atomic E-state index is 13.2. The highest BCUT2D eigenvalue weighted by Gasteiger charge is 2.39. The van der Waals surface area contributed by atoms with Gasteiger partial charge in [-0.25, -0.2) is 4.79 Å². The molecule has 6 aromatic rings. The lowest BCUT2D eigenvalue weighted by atomic mass is 9.85. The van der Waals surface area contributed by atoms with Crippen molar-refractivity contribution < 1.29 is 96.0 Å². The molecule has 0 heterocycles. The summed E-state index contributed by atoms with van der Waals surface area (Å²) in [7, 11) is 1.54. The molecule has 0 aliphatic heterocycles. The Bertz CT molecular complexity index is 3640. The van der Waals surface area contributed by atoms with Gasteiger partial charge in [0.2, 0.25) is 5.91 Å². The third kappa shape index (κ3) is 18.8. The standard InChI is InChI=1S/C33H27F6NO4.C32H24F6O5/c1-40-30(42)13-7-21-4-2-20(3-5-21)6-10-27(41)19-44-28-11-12-29-23(17-28)8-9-24(31(29)43)14-22-15-25(32(34,35)36)18-26(16-22)33(37,38)39;33-31(34,35)24-14-21(15-25(17-24)32(36,37)38)13-23-8-7-22-16-27(10-11-28(22)30(23)42)43-18-26(39)9-5-19-1-3-20(4-2-19)6-12-29(40)41/h2-5,7,11-18H,6,8-10,19H2,1H3,(H,40,42);1-4,6,10-17H,5,7-9,18H2,(H,40,41)/b13-7+,24-14+;12-6+,23-13+. The van der Waals surface area contributed by atoms with Crippen LogP contribution in [0.25, 0.3) is 24.3 Å². The first-order valence-electron chi connectivity index (χ1n) is 26.5. The fraction of sp³-hybridized carbons (Fsp3) is 0.231. The molecular weight excluding hydrogens is 1170 g/mol. The first-order valence-corrected chi connectivity index (χ1v) is 26.5. The second-order valence-corrected chi connectivity index (χ2v) is 20.1. The molecule has 22 heteroatoms. The summed E-state index contributed by atoms with van der Waals surface area (Å²) in [6, 6.07) is 26.0. The molecule has 87 heavy (non-hydrogen) atoms. The van der Waals surface area contributed by atoms with Crippen LogP contribution in [0.5, 0.6) is 11.5 Å². The van der Waals surface area contributed by atoms with Crippen LogP contribution in [0.3, 0.4) is 0 Å². The van der Waals surface area contributed by atoms with Crippen LogP contribution in [0.4, 0.5) is 52.7 Å². The van der Waals surface area contributed by atoms with Crippen LogP contribution in [0.1, 0.15) is 113 Å². The highest BCUT2D eigenvalue weighted by atomic mass is 19.4. The first-order chi connectivity index (χ1) is 40.9. The molecule has 0 fully saturated rings. The molecule has 0 bridgehead atoms. The van der Waals surface area contributed by atoms with Crippen molar-refractivity contribution in [3.05, 3.63) is 223 Å². The molecule has 10 nitrogen and oxygen atoms in total. The van der Waals surface area contributed by atoms with E-state index in [4.69, 9.17) is 14.6 Å². The minimum absolute atomic E-state index is 0.0354. The number of ketones is 4. The molecule has 0 saturated heterocycles. The third-order valence-electron chi connectivity index (χ3n) is 13.7. The fourth-order valence-corrected chi connectivity index (χ4v) is 9.14. The number of carboxylic acid groups (broad SMARTS) is 1. The zero-order valence-electron chi connectivity index (χ0n) is 45.8. The van der Waals surface area contributed by atoms with E-state index in [1.807, 2.05) is 24.3 Å². The number of alkyl halides is 12. The number of hydrogen-bond donors (Lipinski definition) is 2. The molecule has 2 N–H and O–H groups in total. The lowest BCUT2D eigenvalue weighted by Crippen LogP contribution is -2.16.